The predicted octanol–water partition coefficient (Wildman–Crippen LogP) is 1.83. The molecule has 0 radical (unpaired) electrons. The number of halogens is 2. The number of carboxylic acid groups (broad SMARTS) is 2. The number of nitrogens with one attached hydrogen (secondary N) is 1. The van der Waals surface area contributed by atoms with Crippen LogP contribution in [-0.2, 0) is 14.4 Å². The first kappa shape index (κ1) is 32.5. The first-order chi connectivity index (χ1) is 12.3. The quantitative estimate of drug-likeness (QED) is 0.138. The van der Waals surface area contributed by atoms with Gasteiger partial charge in [0.05, 0.1) is 18.2 Å². The molecule has 0 aromatic heterocycles. The highest BCUT2D eigenvalue weighted by Crippen LogP contribution is 1.81. The summed E-state index contributed by atoms with van der Waals surface area (Å²) in [5.74, 6) is -1.69. The van der Waals surface area contributed by atoms with E-state index in [0.29, 0.717) is 0 Å². The largest absolute Gasteiger partial charge is 0.481 e. The molecule has 0 aliphatic heterocycles. The van der Waals surface area contributed by atoms with Gasteiger partial charge in [-0.05, 0) is 19.6 Å². The molecule has 11 heteroatoms. The van der Waals surface area contributed by atoms with Gasteiger partial charge in [0.2, 0.25) is 0 Å². The molecule has 0 heterocycles. The van der Waals surface area contributed by atoms with Crippen molar-refractivity contribution >= 4 is 41.5 Å². The second-order valence-electron chi connectivity index (χ2n) is 4.17. The molecule has 0 unspecified atom stereocenters. The maximum Gasteiger partial charge on any atom is 0.304 e. The zero-order valence-corrected chi connectivity index (χ0v) is 17.6. The highest BCUT2D eigenvalue weighted by molar-refractivity contribution is 6.40. The van der Waals surface area contributed by atoms with Crippen LogP contribution >= 0.6 is 23.2 Å². The van der Waals surface area contributed by atoms with Crippen molar-refractivity contribution in [1.29, 1.82) is 0 Å². The SMILES string of the molecule is CCN(CC)CC.CN=CONCCC(=O)O.ClCCl.NCCC(=O)O. The van der Waals surface area contributed by atoms with Gasteiger partial charge in [0.25, 0.3) is 0 Å². The summed E-state index contributed by atoms with van der Waals surface area (Å²) in [6, 6.07) is 0. The number of rotatable bonds is 10. The molecule has 0 aromatic rings. The van der Waals surface area contributed by atoms with Crippen molar-refractivity contribution in [3.05, 3.63) is 0 Å². The van der Waals surface area contributed by atoms with Crippen LogP contribution in [0.3, 0.4) is 0 Å². The lowest BCUT2D eigenvalue weighted by molar-refractivity contribution is -0.138. The van der Waals surface area contributed by atoms with Crippen molar-refractivity contribution in [2.24, 2.45) is 10.7 Å². The van der Waals surface area contributed by atoms with E-state index in [-0.39, 0.29) is 31.3 Å². The van der Waals surface area contributed by atoms with Crippen LogP contribution in [0.15, 0.2) is 4.99 Å². The molecule has 0 rings (SSSR count). The van der Waals surface area contributed by atoms with E-state index in [4.69, 9.17) is 39.1 Å². The number of hydrogen-bond donors (Lipinski definition) is 4. The second-order valence-corrected chi connectivity index (χ2v) is 4.98. The highest BCUT2D eigenvalue weighted by Gasteiger charge is 1.93. The molecule has 0 aromatic carbocycles. The summed E-state index contributed by atoms with van der Waals surface area (Å²) < 4.78 is 0. The Labute approximate surface area is 166 Å². The Balaban J connectivity index is -0.000000134. The van der Waals surface area contributed by atoms with Crippen LogP contribution in [0.1, 0.15) is 33.6 Å². The van der Waals surface area contributed by atoms with Gasteiger partial charge in [-0.1, -0.05) is 20.8 Å². The molecule has 26 heavy (non-hydrogen) atoms. The second kappa shape index (κ2) is 31.6. The van der Waals surface area contributed by atoms with Gasteiger partial charge in [-0.3, -0.25) is 14.6 Å². The third-order valence-electron chi connectivity index (χ3n) is 2.38. The fourth-order valence-corrected chi connectivity index (χ4v) is 1.10. The van der Waals surface area contributed by atoms with E-state index in [9.17, 15) is 9.59 Å². The Hall–Kier alpha value is -1.13. The lowest BCUT2D eigenvalue weighted by atomic mass is 10.4. The number of aliphatic imine (C=N–C) groups is 1. The topological polar surface area (TPSA) is 137 Å². The molecule has 0 saturated heterocycles. The number of aliphatic carboxylic acids is 2. The van der Waals surface area contributed by atoms with Gasteiger partial charge in [-0.25, -0.2) is 0 Å². The average molecular weight is 421 g/mol. The smallest absolute Gasteiger partial charge is 0.304 e. The van der Waals surface area contributed by atoms with Gasteiger partial charge < -0.3 is 25.7 Å². The van der Waals surface area contributed by atoms with Gasteiger partial charge >= 0.3 is 11.9 Å². The van der Waals surface area contributed by atoms with Crippen LogP contribution in [0.4, 0.5) is 0 Å². The normalized spacial score (nSPS) is 9.23. The summed E-state index contributed by atoms with van der Waals surface area (Å²) in [7, 11) is 1.55. The molecular weight excluding hydrogens is 387 g/mol. The van der Waals surface area contributed by atoms with Crippen molar-refractivity contribution in [2.75, 3.05) is 45.1 Å². The number of nitrogens with zero attached hydrogens (tertiary/aromatic N) is 2. The minimum Gasteiger partial charge on any atom is -0.481 e. The molecule has 0 amide bonds. The Kier molecular flexibility index (Phi) is 39.6. The maximum atomic E-state index is 9.90. The van der Waals surface area contributed by atoms with Gasteiger partial charge in [0, 0.05) is 20.1 Å². The van der Waals surface area contributed by atoms with Crippen LogP contribution in [-0.4, -0.2) is 78.6 Å². The van der Waals surface area contributed by atoms with Crippen LogP contribution in [0, 0.1) is 0 Å². The van der Waals surface area contributed by atoms with E-state index in [0.717, 1.165) is 0 Å². The van der Waals surface area contributed by atoms with E-state index in [2.05, 4.69) is 41.0 Å². The Morgan fingerprint density at radius 3 is 1.73 bits per heavy atom. The Bertz CT molecular complexity index is 315. The molecule has 0 aliphatic carbocycles. The van der Waals surface area contributed by atoms with Crippen molar-refractivity contribution < 1.29 is 24.6 Å². The number of hydrogen-bond acceptors (Lipinski definition) is 7. The monoisotopic (exact) mass is 420 g/mol. The Morgan fingerprint density at radius 2 is 1.54 bits per heavy atom. The summed E-state index contributed by atoms with van der Waals surface area (Å²) in [6.45, 7) is 10.6. The van der Waals surface area contributed by atoms with E-state index < -0.39 is 11.9 Å². The molecule has 0 aliphatic rings. The van der Waals surface area contributed by atoms with Crippen molar-refractivity contribution in [1.82, 2.24) is 10.4 Å². The third-order valence-corrected chi connectivity index (χ3v) is 2.38. The van der Waals surface area contributed by atoms with Crippen molar-refractivity contribution in [3.8, 4) is 0 Å². The zero-order chi connectivity index (χ0) is 21.2. The highest BCUT2D eigenvalue weighted by atomic mass is 35.5. The molecule has 0 bridgehead atoms. The van der Waals surface area contributed by atoms with E-state index in [1.54, 1.807) is 7.05 Å². The molecule has 9 nitrogen and oxygen atoms in total. The fraction of sp³-hybridized carbons (Fsp3) is 0.800. The van der Waals surface area contributed by atoms with Crippen LogP contribution in [0.5, 0.6) is 0 Å². The van der Waals surface area contributed by atoms with E-state index >= 15 is 0 Å². The van der Waals surface area contributed by atoms with Gasteiger partial charge in [0.15, 0.2) is 6.40 Å². The number of carbonyl (C=O) groups is 2. The van der Waals surface area contributed by atoms with Crippen LogP contribution in [0.25, 0.3) is 0 Å². The van der Waals surface area contributed by atoms with Gasteiger partial charge in [-0.2, -0.15) is 5.48 Å². The predicted molar refractivity (Wildman–Crippen MR) is 107 cm³/mol. The molecule has 0 saturated carbocycles. The fourth-order valence-electron chi connectivity index (χ4n) is 1.10. The first-order valence-corrected chi connectivity index (χ1v) is 9.14. The first-order valence-electron chi connectivity index (χ1n) is 8.07. The Morgan fingerprint density at radius 1 is 1.12 bits per heavy atom. The minimum absolute atomic E-state index is 0.0392. The van der Waals surface area contributed by atoms with Crippen LogP contribution < -0.4 is 11.2 Å². The number of carboxylic acids is 2. The lowest BCUT2D eigenvalue weighted by Gasteiger charge is -2.13. The number of nitrogens with two attached hydrogens (primary N) is 1. The summed E-state index contributed by atoms with van der Waals surface area (Å²) >= 11 is 9.53. The van der Waals surface area contributed by atoms with E-state index in [1.807, 2.05) is 0 Å². The molecule has 5 N–H and O–H groups in total. The molecular formula is C15H34Cl2N4O5. The van der Waals surface area contributed by atoms with Gasteiger partial charge in [-0.15, -0.1) is 23.2 Å². The van der Waals surface area contributed by atoms with Gasteiger partial charge in [0.1, 0.15) is 0 Å². The zero-order valence-electron chi connectivity index (χ0n) is 16.1. The van der Waals surface area contributed by atoms with Crippen LogP contribution in [0.2, 0.25) is 0 Å². The summed E-state index contributed by atoms with van der Waals surface area (Å²) in [4.78, 5) is 29.8. The summed E-state index contributed by atoms with van der Waals surface area (Å²) in [6.07, 6.45) is 1.30. The number of hydroxylamine groups is 1. The maximum absolute atomic E-state index is 9.90. The van der Waals surface area contributed by atoms with Crippen molar-refractivity contribution in [3.63, 3.8) is 0 Å². The molecule has 0 atom stereocenters. The molecule has 158 valence electrons. The third kappa shape index (κ3) is 49.5. The number of alkyl halides is 2. The molecule has 0 spiro atoms. The summed E-state index contributed by atoms with van der Waals surface area (Å²) in [5, 5.41) is 16.2. The van der Waals surface area contributed by atoms with E-state index in [1.165, 1.54) is 26.0 Å². The standard InChI is InChI=1S/C6H15N.C5H10N2O3.C3H7NO2.CH2Cl2/c1-4-7(5-2)6-3;1-6-4-10-7-3-2-5(8)9;4-2-1-3(5)6;2-1-3/h4-6H2,1-3H3;4,7H,2-3H2,1H3,(H,8,9);1-2,4H2,(H,5,6);1H2. The summed E-state index contributed by atoms with van der Waals surface area (Å²) in [5.41, 5.74) is 7.24. The van der Waals surface area contributed by atoms with Crippen molar-refractivity contribution in [2.45, 2.75) is 33.6 Å². The average Bonchev–Trinajstić information content (AvgIpc) is 2.58. The minimum atomic E-state index is -0.857. The molecule has 0 fully saturated rings. The lowest BCUT2D eigenvalue weighted by Crippen LogP contribution is -2.21.